The number of nitrogens with one attached hydrogen (secondary N) is 1. The number of benzene rings is 4. The van der Waals surface area contributed by atoms with Gasteiger partial charge in [-0.05, 0) is 54.1 Å². The molecule has 4 aromatic carbocycles. The van der Waals surface area contributed by atoms with Gasteiger partial charge in [0.05, 0.1) is 0 Å². The van der Waals surface area contributed by atoms with E-state index in [1.807, 2.05) is 78.9 Å². The Kier molecular flexibility index (Phi) is 7.58. The Bertz CT molecular complexity index is 1150. The molecule has 0 saturated heterocycles. The van der Waals surface area contributed by atoms with E-state index in [0.29, 0.717) is 42.6 Å². The predicted octanol–water partition coefficient (Wildman–Crippen LogP) is 5.98. The van der Waals surface area contributed by atoms with Crippen LogP contribution in [0, 0.1) is 0 Å². The van der Waals surface area contributed by atoms with E-state index in [0.717, 1.165) is 11.3 Å². The second-order valence-electron chi connectivity index (χ2n) is 7.29. The molecule has 0 aliphatic heterocycles. The van der Waals surface area contributed by atoms with Gasteiger partial charge in [0.2, 0.25) is 0 Å². The molecule has 0 unspecified atom stereocenters. The molecule has 0 aromatic heterocycles. The van der Waals surface area contributed by atoms with Crippen LogP contribution in [0.25, 0.3) is 0 Å². The van der Waals surface area contributed by atoms with Crippen molar-refractivity contribution in [3.63, 3.8) is 0 Å². The summed E-state index contributed by atoms with van der Waals surface area (Å²) in [7, 11) is 0. The van der Waals surface area contributed by atoms with Crippen molar-refractivity contribution in [2.24, 2.45) is 0 Å². The van der Waals surface area contributed by atoms with Gasteiger partial charge in [-0.2, -0.15) is 0 Å². The summed E-state index contributed by atoms with van der Waals surface area (Å²) in [5, 5.41) is 2.90. The molecule has 0 aliphatic rings. The fourth-order valence-electron chi connectivity index (χ4n) is 3.15. The molecule has 1 amide bonds. The Hall–Kier alpha value is -4.25. The molecule has 5 heteroatoms. The maximum atomic E-state index is 12.6. The first kappa shape index (κ1) is 22.0. The highest BCUT2D eigenvalue weighted by Crippen LogP contribution is 2.20. The summed E-state index contributed by atoms with van der Waals surface area (Å²) in [5.74, 6) is 1.98. The second kappa shape index (κ2) is 11.4. The highest BCUT2D eigenvalue weighted by atomic mass is 16.5. The van der Waals surface area contributed by atoms with Gasteiger partial charge in [-0.1, -0.05) is 54.6 Å². The van der Waals surface area contributed by atoms with E-state index >= 15 is 0 Å². The molecular formula is C28H25NO4. The molecule has 33 heavy (non-hydrogen) atoms. The van der Waals surface area contributed by atoms with Gasteiger partial charge in [0.15, 0.2) is 0 Å². The van der Waals surface area contributed by atoms with Gasteiger partial charge in [0.25, 0.3) is 5.91 Å². The van der Waals surface area contributed by atoms with Crippen LogP contribution in [0.5, 0.6) is 17.2 Å². The minimum atomic E-state index is -0.200. The third kappa shape index (κ3) is 6.87. The summed E-state index contributed by atoms with van der Waals surface area (Å²) in [6.45, 7) is 1.31. The van der Waals surface area contributed by atoms with Crippen molar-refractivity contribution in [2.75, 3.05) is 18.5 Å². The summed E-state index contributed by atoms with van der Waals surface area (Å²) in [5.41, 5.74) is 2.29. The third-order valence-corrected chi connectivity index (χ3v) is 4.82. The first-order chi connectivity index (χ1) is 16.3. The van der Waals surface area contributed by atoms with Crippen molar-refractivity contribution < 1.29 is 19.0 Å². The van der Waals surface area contributed by atoms with E-state index in [1.54, 1.807) is 30.3 Å². The maximum absolute atomic E-state index is 12.6. The normalized spacial score (nSPS) is 10.3. The number of hydrogen-bond acceptors (Lipinski definition) is 4. The molecule has 0 saturated carbocycles. The summed E-state index contributed by atoms with van der Waals surface area (Å²) in [4.78, 5) is 12.6. The van der Waals surface area contributed by atoms with Crippen molar-refractivity contribution >= 4 is 11.6 Å². The lowest BCUT2D eigenvalue weighted by molar-refractivity contribution is 0.102. The summed E-state index contributed by atoms with van der Waals surface area (Å²) in [6.07, 6.45) is 0. The first-order valence-corrected chi connectivity index (χ1v) is 10.8. The highest BCUT2D eigenvalue weighted by Gasteiger charge is 2.07. The Morgan fingerprint density at radius 1 is 0.606 bits per heavy atom. The van der Waals surface area contributed by atoms with E-state index in [-0.39, 0.29) is 5.91 Å². The highest BCUT2D eigenvalue weighted by molar-refractivity contribution is 6.04. The molecule has 0 bridgehead atoms. The fraction of sp³-hybridized carbons (Fsp3) is 0.107. The quantitative estimate of drug-likeness (QED) is 0.309. The minimum absolute atomic E-state index is 0.200. The Balaban J connectivity index is 1.25. The zero-order valence-electron chi connectivity index (χ0n) is 18.1. The van der Waals surface area contributed by atoms with E-state index < -0.39 is 0 Å². The second-order valence-corrected chi connectivity index (χ2v) is 7.29. The topological polar surface area (TPSA) is 56.8 Å². The predicted molar refractivity (Wildman–Crippen MR) is 129 cm³/mol. The largest absolute Gasteiger partial charge is 0.490 e. The fourth-order valence-corrected chi connectivity index (χ4v) is 3.15. The van der Waals surface area contributed by atoms with Crippen LogP contribution in [-0.4, -0.2) is 19.1 Å². The first-order valence-electron chi connectivity index (χ1n) is 10.8. The van der Waals surface area contributed by atoms with E-state index in [1.165, 1.54) is 0 Å². The van der Waals surface area contributed by atoms with Crippen LogP contribution in [0.1, 0.15) is 15.9 Å². The van der Waals surface area contributed by atoms with Crippen LogP contribution in [0.15, 0.2) is 109 Å². The molecule has 1 N–H and O–H groups in total. The van der Waals surface area contributed by atoms with Crippen LogP contribution in [0.4, 0.5) is 5.69 Å². The molecule has 0 atom stereocenters. The molecule has 0 aliphatic carbocycles. The summed E-state index contributed by atoms with van der Waals surface area (Å²) < 4.78 is 17.1. The average Bonchev–Trinajstić information content (AvgIpc) is 2.87. The number of ether oxygens (including phenoxy) is 3. The molecule has 4 rings (SSSR count). The van der Waals surface area contributed by atoms with Gasteiger partial charge in [0, 0.05) is 17.3 Å². The number of para-hydroxylation sites is 1. The SMILES string of the molecule is O=C(Nc1cccc(OCCOc2ccccc2)c1)c1ccc(OCc2ccccc2)cc1. The lowest BCUT2D eigenvalue weighted by atomic mass is 10.2. The van der Waals surface area contributed by atoms with Gasteiger partial charge in [0.1, 0.15) is 37.1 Å². The molecule has 0 radical (unpaired) electrons. The number of anilines is 1. The van der Waals surface area contributed by atoms with Crippen molar-refractivity contribution in [1.82, 2.24) is 0 Å². The van der Waals surface area contributed by atoms with E-state index in [2.05, 4.69) is 5.32 Å². The van der Waals surface area contributed by atoms with Crippen LogP contribution in [0.2, 0.25) is 0 Å². The monoisotopic (exact) mass is 439 g/mol. The minimum Gasteiger partial charge on any atom is -0.490 e. The number of amides is 1. The molecule has 0 fully saturated rings. The van der Waals surface area contributed by atoms with Gasteiger partial charge in [-0.15, -0.1) is 0 Å². The molecular weight excluding hydrogens is 414 g/mol. The Morgan fingerprint density at radius 3 is 1.94 bits per heavy atom. The molecule has 4 aromatic rings. The van der Waals surface area contributed by atoms with Crippen molar-refractivity contribution in [1.29, 1.82) is 0 Å². The molecule has 166 valence electrons. The van der Waals surface area contributed by atoms with Gasteiger partial charge >= 0.3 is 0 Å². The van der Waals surface area contributed by atoms with Crippen molar-refractivity contribution in [3.05, 3.63) is 120 Å². The lowest BCUT2D eigenvalue weighted by Crippen LogP contribution is -2.12. The van der Waals surface area contributed by atoms with Crippen LogP contribution in [0.3, 0.4) is 0 Å². The van der Waals surface area contributed by atoms with E-state index in [9.17, 15) is 4.79 Å². The summed E-state index contributed by atoms with van der Waals surface area (Å²) in [6, 6.07) is 33.9. The number of carbonyl (C=O) groups excluding carboxylic acids is 1. The molecule has 5 nitrogen and oxygen atoms in total. The zero-order valence-corrected chi connectivity index (χ0v) is 18.1. The van der Waals surface area contributed by atoms with Gasteiger partial charge < -0.3 is 19.5 Å². The third-order valence-electron chi connectivity index (χ3n) is 4.82. The molecule has 0 heterocycles. The zero-order chi connectivity index (χ0) is 22.7. The smallest absolute Gasteiger partial charge is 0.255 e. The number of carbonyl (C=O) groups is 1. The standard InChI is InChI=1S/C28H25NO4/c30-28(23-14-16-26(17-15-23)33-21-22-8-3-1-4-9-22)29-24-10-7-13-27(20-24)32-19-18-31-25-11-5-2-6-12-25/h1-17,20H,18-19,21H2,(H,29,30). The Labute approximate surface area is 193 Å². The van der Waals surface area contributed by atoms with Gasteiger partial charge in [-0.3, -0.25) is 4.79 Å². The average molecular weight is 440 g/mol. The summed E-state index contributed by atoms with van der Waals surface area (Å²) >= 11 is 0. The van der Waals surface area contributed by atoms with Crippen LogP contribution in [-0.2, 0) is 6.61 Å². The van der Waals surface area contributed by atoms with Crippen LogP contribution < -0.4 is 19.5 Å². The van der Waals surface area contributed by atoms with Crippen molar-refractivity contribution in [3.8, 4) is 17.2 Å². The van der Waals surface area contributed by atoms with Crippen molar-refractivity contribution in [2.45, 2.75) is 6.61 Å². The van der Waals surface area contributed by atoms with Crippen LogP contribution >= 0.6 is 0 Å². The number of hydrogen-bond donors (Lipinski definition) is 1. The molecule has 0 spiro atoms. The van der Waals surface area contributed by atoms with Gasteiger partial charge in [-0.25, -0.2) is 0 Å². The number of rotatable bonds is 10. The maximum Gasteiger partial charge on any atom is 0.255 e. The lowest BCUT2D eigenvalue weighted by Gasteiger charge is -2.11. The van der Waals surface area contributed by atoms with E-state index in [4.69, 9.17) is 14.2 Å². The Morgan fingerprint density at radius 2 is 1.21 bits per heavy atom.